The fraction of sp³-hybridized carbons (Fsp3) is 0.463. The van der Waals surface area contributed by atoms with Crippen molar-refractivity contribution in [3.63, 3.8) is 0 Å². The standard InChI is InChI=1S/C32H36N4O7S.C29H31N3O6.C3H7NO2S.3CH4.BH.U/c1-5-19-17-32(19,29(38)35-44(40,41)21-14-15-21)33-28(37)26-16-20(18-36(26)30(39)42-31(2,3)4)43-34-27-24-12-8-6-10-22(24)23-11-7-9-13-25(23)27;1-5-17-15-29(17,26(34)35)30-25(33)23-14-18(16-32(23)27(36)37-28(2,3)4)38-31-24-21-12-8-6-10-19(21)20-11-7-9-13-22(20)24;4-7(5,6)3-1-2-3;;;;;/h5-13,19-21,26H,1,14-18H2,2-4H3,(H,33,37)(H,35,38);5-13,17-18,23H,1,14-16H2,2-4H3,(H,30,33)(H,34,35);3H,1-2H2,(H2,4,5,6);3*1H4;1H;/t19-,20-,26+,32-;17-,18-,23+,29-;;;;;;/m11....../s1/i;;;;;;1D;. The number of fused-ring (bicyclic) bond motifs is 6. The van der Waals surface area contributed by atoms with Crippen molar-refractivity contribution in [3.8, 4) is 22.3 Å². The minimum atomic E-state index is -3.83. The first-order chi connectivity index (χ1) is 43.0. The van der Waals surface area contributed by atoms with E-state index < -0.39 is 114 Å². The van der Waals surface area contributed by atoms with Crippen LogP contribution in [0.15, 0.2) is 133 Å². The van der Waals surface area contributed by atoms with Crippen molar-refractivity contribution in [1.82, 2.24) is 25.2 Å². The van der Waals surface area contributed by atoms with Gasteiger partial charge >= 0.3 is 18.2 Å². The molecule has 12 rings (SSSR count). The third-order valence-corrected chi connectivity index (χ3v) is 19.8. The Kier molecular flexibility index (Phi) is 24.0. The summed E-state index contributed by atoms with van der Waals surface area (Å²) in [4.78, 5) is 93.1. The quantitative estimate of drug-likeness (QED) is 0.0368. The summed E-state index contributed by atoms with van der Waals surface area (Å²) < 4.78 is 63.9. The van der Waals surface area contributed by atoms with Crippen molar-refractivity contribution in [3.05, 3.63) is 145 Å². The van der Waals surface area contributed by atoms with Crippen LogP contribution in [0.1, 0.15) is 137 Å². The van der Waals surface area contributed by atoms with Crippen LogP contribution < -0.4 is 20.5 Å². The Labute approximate surface area is 578 Å². The Hall–Kier alpha value is -7.30. The molecule has 0 bridgehead atoms. The number of ether oxygens (including phenoxy) is 2. The number of likely N-dealkylation sites (tertiary alicyclic amines) is 2. The second-order valence-corrected chi connectivity index (χ2v) is 29.4. The van der Waals surface area contributed by atoms with Crippen LogP contribution in [-0.2, 0) is 58.4 Å². The zero-order valence-corrected chi connectivity index (χ0v) is 57.2. The number of carboxylic acid groups (broad SMARTS) is 1. The monoisotopic (exact) mass is 1560 g/mol. The molecule has 27 heteroatoms. The Bertz CT molecular complexity index is 3760. The molecule has 2 saturated heterocycles. The zero-order chi connectivity index (χ0) is 66.2. The number of carbonyl (C=O) groups is 6. The van der Waals surface area contributed by atoms with Crippen molar-refractivity contribution >= 4 is 75.7 Å². The van der Waals surface area contributed by atoms with Gasteiger partial charge in [-0.25, -0.2) is 36.4 Å². The van der Waals surface area contributed by atoms with Gasteiger partial charge in [-0.1, -0.05) is 142 Å². The van der Waals surface area contributed by atoms with E-state index >= 15 is 0 Å². The van der Waals surface area contributed by atoms with Gasteiger partial charge in [0.05, 0.1) is 23.6 Å². The van der Waals surface area contributed by atoms with Gasteiger partial charge in [0, 0.05) is 86.4 Å². The summed E-state index contributed by atoms with van der Waals surface area (Å²) in [5.41, 5.74) is 4.79. The first-order valence-corrected chi connectivity index (χ1v) is 32.7. The number of aliphatic carboxylic acids is 1. The SMILES string of the molecule is C.C.C.C=C[C@@H]1C[C@]1(NC(=O)[C@@H]1C[C@@H](ON=C2c3ccccc3-c3ccccc32)CN1C(=O)OC(C)(C)C)C(=O)NS(=O)(=O)C1CC1.C=C[C@@H]1C[C@]1(NC(=O)[C@@H]1C[C@@H](ON=C2c3ccccc3-c3ccccc32)CN1C(=O)OC(C)(C)C)C(=O)O.NS(=O)(=O)C1CC1.[2H][B].[U]. The van der Waals surface area contributed by atoms with Gasteiger partial charge in [0.25, 0.3) is 5.91 Å². The number of amides is 5. The Morgan fingerprint density at radius 2 is 0.915 bits per heavy atom. The number of carbonyl (C=O) groups excluding carboxylic acids is 5. The topological polar surface area (TPSA) is 321 Å². The maximum absolute atomic E-state index is 13.8. The summed E-state index contributed by atoms with van der Waals surface area (Å²) in [6.45, 7) is 17.9. The third kappa shape index (κ3) is 16.8. The van der Waals surface area contributed by atoms with E-state index in [1.807, 2.05) is 97.1 Å². The molecule has 0 spiro atoms. The summed E-state index contributed by atoms with van der Waals surface area (Å²) in [6, 6.07) is 29.6. The average molecular weight is 1560 g/mol. The van der Waals surface area contributed by atoms with Crippen LogP contribution >= 0.6 is 0 Å². The molecule has 2 heterocycles. The van der Waals surface area contributed by atoms with Gasteiger partial charge in [0.1, 0.15) is 58.0 Å². The number of rotatable bonds is 15. The molecule has 6 fully saturated rings. The summed E-state index contributed by atoms with van der Waals surface area (Å²) in [5.74, 6) is -3.95. The van der Waals surface area contributed by atoms with Crippen molar-refractivity contribution in [1.29, 1.82) is 1.34 Å². The third-order valence-electron chi connectivity index (χ3n) is 16.5. The first-order valence-electron chi connectivity index (χ1n) is 30.1. The van der Waals surface area contributed by atoms with Crippen LogP contribution in [-0.4, -0.2) is 159 Å². The average Bonchev–Trinajstić information content (AvgIpc) is 1.59. The minimum Gasteiger partial charge on any atom is -0.479 e. The molecular weight excluding hydrogens is 1470 g/mol. The second-order valence-electron chi connectivity index (χ2n) is 25.6. The van der Waals surface area contributed by atoms with Crippen molar-refractivity contribution < 1.29 is 101 Å². The number of nitrogens with zero attached hydrogens (tertiary/aromatic N) is 4. The molecule has 504 valence electrons. The largest absolute Gasteiger partial charge is 0.479 e. The van der Waals surface area contributed by atoms with E-state index in [2.05, 4.69) is 47.2 Å². The van der Waals surface area contributed by atoms with E-state index in [1.54, 1.807) is 41.5 Å². The number of carboxylic acids is 1. The fourth-order valence-electron chi connectivity index (χ4n) is 11.5. The van der Waals surface area contributed by atoms with Gasteiger partial charge in [-0.3, -0.25) is 28.9 Å². The summed E-state index contributed by atoms with van der Waals surface area (Å²) in [7, 11) is -3.21. The van der Waals surface area contributed by atoms with E-state index in [1.165, 1.54) is 22.0 Å². The van der Waals surface area contributed by atoms with Gasteiger partial charge < -0.3 is 34.9 Å². The molecule has 4 aromatic carbocycles. The molecule has 2 aliphatic heterocycles. The molecule has 0 unspecified atom stereocenters. The van der Waals surface area contributed by atoms with Gasteiger partial charge in [-0.2, -0.15) is 0 Å². The van der Waals surface area contributed by atoms with Crippen LogP contribution in [0, 0.1) is 42.9 Å². The first kappa shape index (κ1) is 75.7. The van der Waals surface area contributed by atoms with Crippen LogP contribution in [0.25, 0.3) is 22.3 Å². The maximum Gasteiger partial charge on any atom is 0.411 e. The number of benzene rings is 4. The Balaban J connectivity index is 0.000000295. The summed E-state index contributed by atoms with van der Waals surface area (Å²) >= 11 is 0. The molecule has 5 amide bonds. The van der Waals surface area contributed by atoms with Gasteiger partial charge in [-0.05, 0) is 104 Å². The van der Waals surface area contributed by atoms with E-state index in [-0.39, 0.29) is 103 Å². The molecule has 4 saturated carbocycles. The number of nitrogens with two attached hydrogens (primary N) is 1. The van der Waals surface area contributed by atoms with Crippen LogP contribution in [0.4, 0.5) is 9.59 Å². The summed E-state index contributed by atoms with van der Waals surface area (Å²) in [6.07, 6.45) is 3.58. The van der Waals surface area contributed by atoms with Gasteiger partial charge in [0.15, 0.2) is 0 Å². The zero-order valence-electron chi connectivity index (χ0n) is 52.4. The van der Waals surface area contributed by atoms with Gasteiger partial charge in [0.2, 0.25) is 31.9 Å². The number of hydrogen-bond acceptors (Lipinski definition) is 16. The van der Waals surface area contributed by atoms with E-state index in [4.69, 9.17) is 25.6 Å². The molecule has 94 heavy (non-hydrogen) atoms. The van der Waals surface area contributed by atoms with E-state index in [9.17, 15) is 50.7 Å². The van der Waals surface area contributed by atoms with Crippen LogP contribution in [0.5, 0.6) is 0 Å². The number of hydrogen-bond donors (Lipinski definition) is 5. The molecule has 4 aromatic rings. The molecule has 23 nitrogen and oxygen atoms in total. The normalized spacial score (nSPS) is 23.8. The predicted octanol–water partition coefficient (Wildman–Crippen LogP) is 8.14. The van der Waals surface area contributed by atoms with E-state index in [0.717, 1.165) is 57.3 Å². The van der Waals surface area contributed by atoms with Gasteiger partial charge in [-0.15, -0.1) is 13.2 Å². The van der Waals surface area contributed by atoms with Crippen molar-refractivity contribution in [2.24, 2.45) is 27.3 Å². The Morgan fingerprint density at radius 3 is 1.19 bits per heavy atom. The smallest absolute Gasteiger partial charge is 0.411 e. The number of nitrogens with one attached hydrogen (secondary N) is 3. The van der Waals surface area contributed by atoms with E-state index in [0.29, 0.717) is 24.3 Å². The number of sulfonamides is 2. The molecule has 8 aliphatic rings. The molecular formula is C67H87BN8O15S2U. The predicted molar refractivity (Wildman–Crippen MR) is 357 cm³/mol. The Morgan fingerprint density at radius 1 is 0.596 bits per heavy atom. The number of oxime groups is 2. The number of primary sulfonamides is 1. The molecule has 2 radical (unpaired) electrons. The molecule has 6 N–H and O–H groups in total. The van der Waals surface area contributed by atoms with Crippen molar-refractivity contribution in [2.45, 2.75) is 172 Å². The van der Waals surface area contributed by atoms with Crippen LogP contribution in [0.3, 0.4) is 0 Å². The molecule has 0 aromatic heterocycles. The summed E-state index contributed by atoms with van der Waals surface area (Å²) in [5, 5.41) is 28.1. The molecule has 6 aliphatic carbocycles. The van der Waals surface area contributed by atoms with Crippen LogP contribution in [0.2, 0.25) is 0 Å². The maximum atomic E-state index is 13.8. The second kappa shape index (κ2) is 29.8. The van der Waals surface area contributed by atoms with Crippen molar-refractivity contribution in [2.75, 3.05) is 13.1 Å². The minimum absolute atomic E-state index is 0. The molecule has 8 atom stereocenters. The fourth-order valence-corrected chi connectivity index (χ4v) is 13.6.